The lowest BCUT2D eigenvalue weighted by Gasteiger charge is -2.26. The Morgan fingerprint density at radius 1 is 0.886 bits per heavy atom. The van der Waals surface area contributed by atoms with Gasteiger partial charge in [-0.25, -0.2) is 14.4 Å². The van der Waals surface area contributed by atoms with Gasteiger partial charge in [0.25, 0.3) is 0 Å². The van der Waals surface area contributed by atoms with Crippen LogP contribution in [0.1, 0.15) is 39.7 Å². The molecule has 0 spiro atoms. The highest BCUT2D eigenvalue weighted by Crippen LogP contribution is 2.31. The van der Waals surface area contributed by atoms with Gasteiger partial charge in [-0.3, -0.25) is 4.79 Å². The predicted molar refractivity (Wildman–Crippen MR) is 121 cm³/mol. The van der Waals surface area contributed by atoms with E-state index < -0.39 is 30.0 Å². The fraction of sp³-hybridized carbons (Fsp3) is 0.565. The molecule has 196 valence electrons. The summed E-state index contributed by atoms with van der Waals surface area (Å²) in [7, 11) is 1.17. The first-order valence-corrected chi connectivity index (χ1v) is 11.0. The summed E-state index contributed by atoms with van der Waals surface area (Å²) in [5.41, 5.74) is 5.13. The summed E-state index contributed by atoms with van der Waals surface area (Å²) in [5, 5.41) is 0. The Labute approximate surface area is 203 Å². The van der Waals surface area contributed by atoms with Gasteiger partial charge in [-0.1, -0.05) is 19.9 Å². The van der Waals surface area contributed by atoms with E-state index in [0.29, 0.717) is 5.56 Å². The Bertz CT molecular complexity index is 871. The molecule has 0 bridgehead atoms. The minimum Gasteiger partial charge on any atom is -0.468 e. The van der Waals surface area contributed by atoms with E-state index in [9.17, 15) is 19.2 Å². The van der Waals surface area contributed by atoms with Crippen molar-refractivity contribution in [3.8, 4) is 11.5 Å². The summed E-state index contributed by atoms with van der Waals surface area (Å²) in [6.45, 7) is 7.05. The van der Waals surface area contributed by atoms with Gasteiger partial charge in [0.15, 0.2) is 11.5 Å². The van der Waals surface area contributed by atoms with E-state index in [1.54, 1.807) is 13.8 Å². The minimum atomic E-state index is -1.60. The molecule has 1 atom stereocenters. The van der Waals surface area contributed by atoms with E-state index in [-0.39, 0.29) is 56.7 Å². The van der Waals surface area contributed by atoms with E-state index in [4.69, 9.17) is 38.9 Å². The van der Waals surface area contributed by atoms with Gasteiger partial charge in [0, 0.05) is 12.8 Å². The molecule has 0 fully saturated rings. The molecule has 0 aliphatic rings. The summed E-state index contributed by atoms with van der Waals surface area (Å²) in [5.74, 6) is -0.892. The van der Waals surface area contributed by atoms with Gasteiger partial charge in [-0.05, 0) is 37.5 Å². The first kappa shape index (κ1) is 29.5. The molecule has 0 aliphatic carbocycles. The minimum absolute atomic E-state index is 0.0560. The summed E-state index contributed by atoms with van der Waals surface area (Å²) in [4.78, 5) is 47.7. The molecule has 2 N–H and O–H groups in total. The SMILES string of the molecule is CCOC(=O)Oc1ccc(CC(N)(CCOC(=O)OCC(C)C)C(=O)OC)cc1OC(=O)OCC. The topological polar surface area (TPSA) is 159 Å². The number of esters is 1. The maximum absolute atomic E-state index is 12.5. The fourth-order valence-corrected chi connectivity index (χ4v) is 2.72. The zero-order valence-electron chi connectivity index (χ0n) is 20.6. The predicted octanol–water partition coefficient (Wildman–Crippen LogP) is 3.37. The number of nitrogens with two attached hydrogens (primary N) is 1. The van der Waals surface area contributed by atoms with Crippen molar-refractivity contribution in [1.82, 2.24) is 0 Å². The first-order chi connectivity index (χ1) is 16.5. The lowest BCUT2D eigenvalue weighted by atomic mass is 9.88. The molecule has 0 heterocycles. The monoisotopic (exact) mass is 499 g/mol. The van der Waals surface area contributed by atoms with E-state index in [2.05, 4.69) is 0 Å². The smallest absolute Gasteiger partial charge is 0.468 e. The molecular formula is C23H33NO11. The summed E-state index contributed by atoms with van der Waals surface area (Å²) < 4.78 is 34.5. The van der Waals surface area contributed by atoms with Crippen molar-refractivity contribution < 1.29 is 52.3 Å². The molecule has 1 rings (SSSR count). The maximum atomic E-state index is 12.5. The van der Waals surface area contributed by atoms with Gasteiger partial charge in [0.2, 0.25) is 0 Å². The third-order valence-electron chi connectivity index (χ3n) is 4.33. The average Bonchev–Trinajstić information content (AvgIpc) is 2.79. The van der Waals surface area contributed by atoms with Crippen LogP contribution in [0.5, 0.6) is 11.5 Å². The molecule has 1 aromatic rings. The van der Waals surface area contributed by atoms with E-state index >= 15 is 0 Å². The number of ether oxygens (including phenoxy) is 7. The number of hydrogen-bond acceptors (Lipinski definition) is 12. The fourth-order valence-electron chi connectivity index (χ4n) is 2.72. The van der Waals surface area contributed by atoms with Gasteiger partial charge in [-0.15, -0.1) is 0 Å². The van der Waals surface area contributed by atoms with E-state index in [1.165, 1.54) is 25.3 Å². The summed E-state index contributed by atoms with van der Waals surface area (Å²) in [6, 6.07) is 4.21. The normalized spacial score (nSPS) is 12.2. The van der Waals surface area contributed by atoms with Crippen molar-refractivity contribution in [3.05, 3.63) is 23.8 Å². The zero-order chi connectivity index (χ0) is 26.4. The highest BCUT2D eigenvalue weighted by atomic mass is 16.7. The molecule has 0 aliphatic heterocycles. The molecular weight excluding hydrogens is 466 g/mol. The molecule has 35 heavy (non-hydrogen) atoms. The number of benzene rings is 1. The Balaban J connectivity index is 3.06. The van der Waals surface area contributed by atoms with Crippen molar-refractivity contribution in [1.29, 1.82) is 0 Å². The second-order valence-corrected chi connectivity index (χ2v) is 7.73. The second-order valence-electron chi connectivity index (χ2n) is 7.73. The lowest BCUT2D eigenvalue weighted by molar-refractivity contribution is -0.147. The van der Waals surface area contributed by atoms with Gasteiger partial charge in [0.1, 0.15) is 5.54 Å². The van der Waals surface area contributed by atoms with Crippen LogP contribution in [0.2, 0.25) is 0 Å². The van der Waals surface area contributed by atoms with Crippen LogP contribution in [-0.2, 0) is 34.9 Å². The lowest BCUT2D eigenvalue weighted by Crippen LogP contribution is -2.51. The van der Waals surface area contributed by atoms with E-state index in [1.807, 2.05) is 13.8 Å². The van der Waals surface area contributed by atoms with Crippen LogP contribution < -0.4 is 15.2 Å². The van der Waals surface area contributed by atoms with Crippen LogP contribution in [0.25, 0.3) is 0 Å². The third kappa shape index (κ3) is 10.5. The van der Waals surface area contributed by atoms with Crippen LogP contribution in [0, 0.1) is 5.92 Å². The van der Waals surface area contributed by atoms with Gasteiger partial charge < -0.3 is 38.9 Å². The Kier molecular flexibility index (Phi) is 12.4. The maximum Gasteiger partial charge on any atom is 0.513 e. The van der Waals surface area contributed by atoms with Crippen molar-refractivity contribution in [2.45, 2.75) is 46.1 Å². The zero-order valence-corrected chi connectivity index (χ0v) is 20.6. The average molecular weight is 500 g/mol. The highest BCUT2D eigenvalue weighted by Gasteiger charge is 2.36. The highest BCUT2D eigenvalue weighted by molar-refractivity contribution is 5.81. The van der Waals surface area contributed by atoms with Crippen LogP contribution >= 0.6 is 0 Å². The molecule has 0 saturated carbocycles. The van der Waals surface area contributed by atoms with Gasteiger partial charge in [-0.2, -0.15) is 0 Å². The number of carbonyl (C=O) groups is 4. The molecule has 12 nitrogen and oxygen atoms in total. The number of methoxy groups -OCH3 is 1. The van der Waals surface area contributed by atoms with Crippen molar-refractivity contribution in [2.75, 3.05) is 33.5 Å². The van der Waals surface area contributed by atoms with Crippen molar-refractivity contribution in [2.24, 2.45) is 11.7 Å². The van der Waals surface area contributed by atoms with Crippen molar-refractivity contribution in [3.63, 3.8) is 0 Å². The quantitative estimate of drug-likeness (QED) is 0.254. The second kappa shape index (κ2) is 14.7. The van der Waals surface area contributed by atoms with Crippen LogP contribution in [0.4, 0.5) is 14.4 Å². The summed E-state index contributed by atoms with van der Waals surface area (Å²) >= 11 is 0. The van der Waals surface area contributed by atoms with Crippen LogP contribution in [0.3, 0.4) is 0 Å². The molecule has 0 saturated heterocycles. The standard InChI is InChI=1S/C23H33NO11/c1-6-30-21(27)34-17-9-8-16(12-18(17)35-22(28)31-7-2)13-23(24,19(25)29-5)10-11-32-20(26)33-14-15(3)4/h8-9,12,15H,6-7,10-11,13-14,24H2,1-5H3. The van der Waals surface area contributed by atoms with Crippen LogP contribution in [0.15, 0.2) is 18.2 Å². The van der Waals surface area contributed by atoms with Crippen molar-refractivity contribution >= 4 is 24.4 Å². The Hall–Kier alpha value is -3.54. The number of hydrogen-bond donors (Lipinski definition) is 1. The van der Waals surface area contributed by atoms with Gasteiger partial charge in [0.05, 0.1) is 33.5 Å². The Morgan fingerprint density at radius 3 is 2.03 bits per heavy atom. The van der Waals surface area contributed by atoms with E-state index in [0.717, 1.165) is 0 Å². The molecule has 1 unspecified atom stereocenters. The molecule has 0 aromatic heterocycles. The molecule has 0 radical (unpaired) electrons. The summed E-state index contributed by atoms with van der Waals surface area (Å²) in [6.07, 6.45) is -3.09. The largest absolute Gasteiger partial charge is 0.513 e. The first-order valence-electron chi connectivity index (χ1n) is 11.0. The molecule has 12 heteroatoms. The number of carbonyl (C=O) groups excluding carboxylic acids is 4. The van der Waals surface area contributed by atoms with Crippen LogP contribution in [-0.4, -0.2) is 63.5 Å². The molecule has 0 amide bonds. The Morgan fingerprint density at radius 2 is 1.49 bits per heavy atom. The molecule has 1 aromatic carbocycles. The third-order valence-corrected chi connectivity index (χ3v) is 4.33. The van der Waals surface area contributed by atoms with Gasteiger partial charge >= 0.3 is 24.4 Å². The number of rotatable bonds is 12.